The van der Waals surface area contributed by atoms with Crippen LogP contribution < -0.4 is 14.6 Å². The molecule has 22 heavy (non-hydrogen) atoms. The van der Waals surface area contributed by atoms with Crippen LogP contribution in [0.1, 0.15) is 0 Å². The van der Waals surface area contributed by atoms with Gasteiger partial charge in [0, 0.05) is 6.07 Å². The lowest BCUT2D eigenvalue weighted by molar-refractivity contribution is 0.481. The molecule has 2 aromatic rings. The summed E-state index contributed by atoms with van der Waals surface area (Å²) >= 11 is 0. The summed E-state index contributed by atoms with van der Waals surface area (Å²) in [6, 6.07) is 9.32. The van der Waals surface area contributed by atoms with Gasteiger partial charge in [0.25, 0.3) is 0 Å². The van der Waals surface area contributed by atoms with Crippen LogP contribution in [-0.2, 0) is 21.0 Å². The summed E-state index contributed by atoms with van der Waals surface area (Å²) in [6.07, 6.45) is 0.990. The molecule has 118 valence electrons. The maximum absolute atomic E-state index is 12.9. The molecule has 2 aromatic carbocycles. The van der Waals surface area contributed by atoms with E-state index in [0.29, 0.717) is 0 Å². The Bertz CT molecular complexity index is 807. The molecular formula is C13H13FN2O4S2. The van der Waals surface area contributed by atoms with Crippen LogP contribution in [0.5, 0.6) is 11.5 Å². The van der Waals surface area contributed by atoms with E-state index in [-0.39, 0.29) is 22.1 Å². The fraction of sp³-hybridized carbons (Fsp3) is 0.0769. The second-order valence-electron chi connectivity index (χ2n) is 4.39. The van der Waals surface area contributed by atoms with E-state index in [2.05, 4.69) is 4.72 Å². The molecule has 0 aliphatic rings. The van der Waals surface area contributed by atoms with Crippen LogP contribution in [-0.4, -0.2) is 18.9 Å². The van der Waals surface area contributed by atoms with Crippen molar-refractivity contribution in [2.75, 3.05) is 11.0 Å². The first kappa shape index (κ1) is 16.4. The Hall–Kier alpha value is -1.97. The van der Waals surface area contributed by atoms with E-state index in [4.69, 9.17) is 9.88 Å². The Balaban J connectivity index is 2.42. The Labute approximate surface area is 129 Å². The van der Waals surface area contributed by atoms with E-state index >= 15 is 0 Å². The molecule has 0 heterocycles. The van der Waals surface area contributed by atoms with Gasteiger partial charge in [-0.05, 0) is 36.4 Å². The van der Waals surface area contributed by atoms with Gasteiger partial charge in [-0.15, -0.1) is 0 Å². The van der Waals surface area contributed by atoms with E-state index in [9.17, 15) is 17.0 Å². The lowest BCUT2D eigenvalue weighted by Gasteiger charge is -2.13. The van der Waals surface area contributed by atoms with Crippen LogP contribution in [0, 0.1) is 5.82 Å². The topological polar surface area (TPSA) is 98.5 Å². The Kier molecular flexibility index (Phi) is 4.79. The van der Waals surface area contributed by atoms with Gasteiger partial charge in [0.05, 0.1) is 16.8 Å². The van der Waals surface area contributed by atoms with Gasteiger partial charge in [-0.3, -0.25) is 4.72 Å². The largest absolute Gasteiger partial charge is 0.455 e. The number of ether oxygens (including phenoxy) is 1. The molecule has 0 aromatic heterocycles. The van der Waals surface area contributed by atoms with E-state index in [1.54, 1.807) is 0 Å². The van der Waals surface area contributed by atoms with Crippen molar-refractivity contribution >= 4 is 26.7 Å². The highest BCUT2D eigenvalue weighted by Crippen LogP contribution is 2.32. The van der Waals surface area contributed by atoms with Crippen molar-refractivity contribution < 1.29 is 21.8 Å². The first-order valence-electron chi connectivity index (χ1n) is 5.96. The third-order valence-electron chi connectivity index (χ3n) is 2.52. The molecule has 0 bridgehead atoms. The number of rotatable bonds is 5. The summed E-state index contributed by atoms with van der Waals surface area (Å²) in [5.41, 5.74) is 0.154. The third kappa shape index (κ3) is 4.52. The second kappa shape index (κ2) is 6.42. The minimum Gasteiger partial charge on any atom is -0.455 e. The van der Waals surface area contributed by atoms with Crippen molar-refractivity contribution in [2.45, 2.75) is 4.90 Å². The smallest absolute Gasteiger partial charge is 0.229 e. The van der Waals surface area contributed by atoms with Gasteiger partial charge < -0.3 is 4.74 Å². The third-order valence-corrected chi connectivity index (χ3v) is 3.83. The number of hydrogen-bond acceptors (Lipinski definition) is 4. The van der Waals surface area contributed by atoms with E-state index in [0.717, 1.165) is 6.26 Å². The highest BCUT2D eigenvalue weighted by Gasteiger charge is 2.12. The molecule has 0 saturated heterocycles. The molecule has 0 aliphatic carbocycles. The van der Waals surface area contributed by atoms with Gasteiger partial charge in [0.15, 0.2) is 5.75 Å². The number of nitrogens with one attached hydrogen (secondary N) is 1. The van der Waals surface area contributed by atoms with E-state index < -0.39 is 26.8 Å². The average Bonchev–Trinajstić information content (AvgIpc) is 2.41. The SMILES string of the molecule is CS(=O)(=O)Nc1ccc(S(N)=O)cc1Oc1ccc(F)cc1. The lowest BCUT2D eigenvalue weighted by atomic mass is 10.3. The van der Waals surface area contributed by atoms with Crippen LogP contribution in [0.3, 0.4) is 0 Å². The average molecular weight is 344 g/mol. The van der Waals surface area contributed by atoms with Gasteiger partial charge >= 0.3 is 0 Å². The summed E-state index contributed by atoms with van der Waals surface area (Å²) in [5, 5.41) is 5.30. The standard InChI is InChI=1S/C13H13FN2O4S2/c1-22(18,19)16-12-7-6-11(21(15)17)8-13(12)20-10-4-2-9(14)3-5-10/h2-8,16H,15H2,1H3. The fourth-order valence-corrected chi connectivity index (χ4v) is 2.62. The zero-order valence-electron chi connectivity index (χ0n) is 11.4. The minimum atomic E-state index is -3.53. The highest BCUT2D eigenvalue weighted by atomic mass is 32.2. The molecule has 0 aliphatic heterocycles. The summed E-state index contributed by atoms with van der Waals surface area (Å²) < 4.78 is 54.8. The van der Waals surface area contributed by atoms with Gasteiger partial charge in [-0.2, -0.15) is 0 Å². The Morgan fingerprint density at radius 3 is 2.36 bits per heavy atom. The van der Waals surface area contributed by atoms with Crippen LogP contribution in [0.25, 0.3) is 0 Å². The molecule has 1 atom stereocenters. The van der Waals surface area contributed by atoms with Gasteiger partial charge in [-0.25, -0.2) is 22.2 Å². The molecule has 3 N–H and O–H groups in total. The summed E-state index contributed by atoms with van der Waals surface area (Å²) in [7, 11) is -5.28. The van der Waals surface area contributed by atoms with Crippen molar-refractivity contribution in [3.05, 3.63) is 48.3 Å². The van der Waals surface area contributed by atoms with Crippen LogP contribution >= 0.6 is 0 Å². The molecule has 9 heteroatoms. The fourth-order valence-electron chi connectivity index (χ4n) is 1.63. The predicted molar refractivity (Wildman–Crippen MR) is 82.0 cm³/mol. The Morgan fingerprint density at radius 2 is 1.82 bits per heavy atom. The predicted octanol–water partition coefficient (Wildman–Crippen LogP) is 1.97. The monoisotopic (exact) mass is 344 g/mol. The number of nitrogens with two attached hydrogens (primary N) is 1. The van der Waals surface area contributed by atoms with Crippen molar-refractivity contribution in [3.8, 4) is 11.5 Å². The normalized spacial score (nSPS) is 12.7. The quantitative estimate of drug-likeness (QED) is 0.866. The summed E-state index contributed by atoms with van der Waals surface area (Å²) in [4.78, 5) is 0.260. The number of sulfonamides is 1. The highest BCUT2D eigenvalue weighted by molar-refractivity contribution is 7.92. The molecule has 2 rings (SSSR count). The first-order chi connectivity index (χ1) is 10.2. The second-order valence-corrected chi connectivity index (χ2v) is 7.20. The molecule has 0 spiro atoms. The maximum atomic E-state index is 12.9. The minimum absolute atomic E-state index is 0.105. The number of hydrogen-bond donors (Lipinski definition) is 2. The van der Waals surface area contributed by atoms with Gasteiger partial charge in [0.2, 0.25) is 10.0 Å². The van der Waals surface area contributed by atoms with Crippen LogP contribution in [0.2, 0.25) is 0 Å². The van der Waals surface area contributed by atoms with E-state index in [1.165, 1.54) is 42.5 Å². The van der Waals surface area contributed by atoms with Crippen molar-refractivity contribution in [3.63, 3.8) is 0 Å². The Morgan fingerprint density at radius 1 is 1.18 bits per heavy atom. The van der Waals surface area contributed by atoms with Gasteiger partial charge in [-0.1, -0.05) is 0 Å². The van der Waals surface area contributed by atoms with Gasteiger partial charge in [0.1, 0.15) is 22.6 Å². The van der Waals surface area contributed by atoms with E-state index in [1.807, 2.05) is 0 Å². The summed E-state index contributed by atoms with van der Waals surface area (Å²) in [5.74, 6) is -0.0371. The molecule has 0 radical (unpaired) electrons. The van der Waals surface area contributed by atoms with Crippen LogP contribution in [0.4, 0.5) is 10.1 Å². The molecule has 0 saturated carbocycles. The first-order valence-corrected chi connectivity index (χ1v) is 9.06. The number of benzene rings is 2. The maximum Gasteiger partial charge on any atom is 0.229 e. The van der Waals surface area contributed by atoms with Crippen molar-refractivity contribution in [1.29, 1.82) is 0 Å². The zero-order valence-corrected chi connectivity index (χ0v) is 13.1. The molecule has 0 fully saturated rings. The molecular weight excluding hydrogens is 331 g/mol. The van der Waals surface area contributed by atoms with Crippen molar-refractivity contribution in [2.24, 2.45) is 5.14 Å². The van der Waals surface area contributed by atoms with Crippen LogP contribution in [0.15, 0.2) is 47.4 Å². The number of anilines is 1. The molecule has 6 nitrogen and oxygen atoms in total. The zero-order chi connectivity index (χ0) is 16.3. The molecule has 0 amide bonds. The van der Waals surface area contributed by atoms with Crippen molar-refractivity contribution in [1.82, 2.24) is 0 Å². The summed E-state index contributed by atoms with van der Waals surface area (Å²) in [6.45, 7) is 0. The molecule has 1 unspecified atom stereocenters. The number of halogens is 1. The lowest BCUT2D eigenvalue weighted by Crippen LogP contribution is -2.11.